The maximum Gasteiger partial charge on any atom is 0.306 e. The van der Waals surface area contributed by atoms with Crippen LogP contribution in [0.25, 0.3) is 0 Å². The van der Waals surface area contributed by atoms with Gasteiger partial charge < -0.3 is 20.3 Å². The number of aliphatic hydroxyl groups excluding tert-OH is 2. The number of aliphatic hydroxyl groups is 2. The van der Waals surface area contributed by atoms with Gasteiger partial charge in [-0.05, 0) is 70.6 Å². The van der Waals surface area contributed by atoms with E-state index in [-0.39, 0.29) is 24.9 Å². The fourth-order valence-corrected chi connectivity index (χ4v) is 7.07. The van der Waals surface area contributed by atoms with Crippen LogP contribution in [0.4, 0.5) is 0 Å². The highest BCUT2D eigenvalue weighted by molar-refractivity contribution is 5.77. The van der Waals surface area contributed by atoms with Crippen molar-refractivity contribution in [1.29, 1.82) is 0 Å². The fraction of sp³-hybridized carbons (Fsp3) is 0.800. The first kappa shape index (κ1) is 53.8. The summed E-state index contributed by atoms with van der Waals surface area (Å²) in [6.45, 7) is 6.31. The number of hydrogen-bond acceptors (Lipinski definition) is 5. The monoisotopic (exact) mass is 786 g/mol. The molecule has 0 aromatic rings. The molecule has 0 aromatic heterocycles. The molecule has 0 aliphatic carbocycles. The van der Waals surface area contributed by atoms with E-state index in [1.54, 1.807) is 0 Å². The van der Waals surface area contributed by atoms with Gasteiger partial charge in [-0.3, -0.25) is 9.59 Å². The minimum Gasteiger partial charge on any atom is -0.462 e. The Hall–Kier alpha value is -2.18. The Bertz CT molecular complexity index is 972. The van der Waals surface area contributed by atoms with Crippen LogP contribution in [-0.2, 0) is 14.3 Å². The lowest BCUT2D eigenvalue weighted by Crippen LogP contribution is -2.46. The van der Waals surface area contributed by atoms with E-state index in [0.29, 0.717) is 19.3 Å². The molecule has 0 aliphatic heterocycles. The SMILES string of the molecule is CC/C=C/C=C/C=C\CCCCCCCC(=O)OC(CCCCC/C=C\CCCCC)CC(=O)NC(CO)C(O)CCCCCCCCCCCCCCCC. The van der Waals surface area contributed by atoms with E-state index in [2.05, 4.69) is 74.7 Å². The van der Waals surface area contributed by atoms with Crippen molar-refractivity contribution in [2.24, 2.45) is 0 Å². The molecule has 6 nitrogen and oxygen atoms in total. The summed E-state index contributed by atoms with van der Waals surface area (Å²) in [6, 6.07) is -0.708. The first-order valence-electron chi connectivity index (χ1n) is 23.9. The summed E-state index contributed by atoms with van der Waals surface area (Å²) >= 11 is 0. The molecule has 0 radical (unpaired) electrons. The van der Waals surface area contributed by atoms with Gasteiger partial charge in [0.25, 0.3) is 0 Å². The summed E-state index contributed by atoms with van der Waals surface area (Å²) in [5.74, 6) is -0.514. The highest BCUT2D eigenvalue weighted by Gasteiger charge is 2.24. The second kappa shape index (κ2) is 43.9. The Morgan fingerprint density at radius 3 is 1.55 bits per heavy atom. The van der Waals surface area contributed by atoms with E-state index in [1.807, 2.05) is 0 Å². The van der Waals surface area contributed by atoms with Crippen molar-refractivity contribution in [1.82, 2.24) is 5.32 Å². The quantitative estimate of drug-likeness (QED) is 0.0248. The molecule has 3 N–H and O–H groups in total. The molecule has 3 atom stereocenters. The van der Waals surface area contributed by atoms with E-state index in [1.165, 1.54) is 89.9 Å². The van der Waals surface area contributed by atoms with Crippen LogP contribution in [0.15, 0.2) is 48.6 Å². The van der Waals surface area contributed by atoms with E-state index in [4.69, 9.17) is 4.74 Å². The molecule has 0 bridgehead atoms. The largest absolute Gasteiger partial charge is 0.462 e. The molecule has 0 aromatic carbocycles. The molecule has 1 amide bonds. The average molecular weight is 786 g/mol. The molecule has 0 saturated heterocycles. The summed E-state index contributed by atoms with van der Waals surface area (Å²) in [7, 11) is 0. The number of esters is 1. The minimum absolute atomic E-state index is 0.0583. The van der Waals surface area contributed by atoms with Gasteiger partial charge in [-0.25, -0.2) is 0 Å². The molecule has 6 heteroatoms. The number of amides is 1. The second-order valence-electron chi connectivity index (χ2n) is 16.2. The summed E-state index contributed by atoms with van der Waals surface area (Å²) in [4.78, 5) is 26.0. The Kier molecular flexibility index (Phi) is 42.2. The molecule has 0 rings (SSSR count). The van der Waals surface area contributed by atoms with Crippen molar-refractivity contribution >= 4 is 11.9 Å². The van der Waals surface area contributed by atoms with Crippen LogP contribution in [0.1, 0.15) is 233 Å². The zero-order valence-electron chi connectivity index (χ0n) is 37.0. The summed E-state index contributed by atoms with van der Waals surface area (Å²) in [6.07, 6.45) is 51.7. The summed E-state index contributed by atoms with van der Waals surface area (Å²) in [5, 5.41) is 23.7. The van der Waals surface area contributed by atoms with Gasteiger partial charge in [0.1, 0.15) is 6.10 Å². The van der Waals surface area contributed by atoms with Gasteiger partial charge in [0, 0.05) is 6.42 Å². The Morgan fingerprint density at radius 2 is 0.982 bits per heavy atom. The summed E-state index contributed by atoms with van der Waals surface area (Å²) < 4.78 is 5.88. The lowest BCUT2D eigenvalue weighted by Gasteiger charge is -2.24. The number of hydrogen-bond donors (Lipinski definition) is 3. The molecule has 0 aliphatic rings. The lowest BCUT2D eigenvalue weighted by atomic mass is 10.0. The molecule has 0 fully saturated rings. The maximum atomic E-state index is 13.1. The molecule has 0 heterocycles. The van der Waals surface area contributed by atoms with Crippen molar-refractivity contribution in [2.45, 2.75) is 251 Å². The standard InChI is InChI=1S/C50H91NO5/c1-4-7-10-13-16-19-22-24-26-27-30-33-36-39-42-48(53)47(45-52)51-49(54)44-46(41-38-35-32-29-21-18-15-12-9-6-3)56-50(55)43-40-37-34-31-28-25-23-20-17-14-11-8-5-2/h8,11,14,17-18,20-21,23,46-48,52-53H,4-7,9-10,12-13,15-16,19,22,24-45H2,1-3H3,(H,51,54)/b11-8+,17-14+,21-18-,23-20-. The zero-order valence-corrected chi connectivity index (χ0v) is 37.0. The molecule has 326 valence electrons. The van der Waals surface area contributed by atoms with Crippen LogP contribution in [0.5, 0.6) is 0 Å². The van der Waals surface area contributed by atoms with Crippen molar-refractivity contribution < 1.29 is 24.5 Å². The third kappa shape index (κ3) is 38.7. The molecular weight excluding hydrogens is 695 g/mol. The van der Waals surface area contributed by atoms with Gasteiger partial charge in [-0.15, -0.1) is 0 Å². The van der Waals surface area contributed by atoms with E-state index < -0.39 is 18.2 Å². The maximum absolute atomic E-state index is 13.1. The van der Waals surface area contributed by atoms with Crippen molar-refractivity contribution in [3.05, 3.63) is 48.6 Å². The van der Waals surface area contributed by atoms with Crippen LogP contribution in [0.3, 0.4) is 0 Å². The van der Waals surface area contributed by atoms with Crippen LogP contribution < -0.4 is 5.32 Å². The van der Waals surface area contributed by atoms with Gasteiger partial charge in [-0.1, -0.05) is 198 Å². The number of ether oxygens (including phenoxy) is 1. The number of unbranched alkanes of at least 4 members (excludes halogenated alkanes) is 24. The normalized spacial score (nSPS) is 13.7. The minimum atomic E-state index is -0.793. The van der Waals surface area contributed by atoms with E-state index in [9.17, 15) is 19.8 Å². The Balaban J connectivity index is 4.56. The van der Waals surface area contributed by atoms with Gasteiger partial charge >= 0.3 is 5.97 Å². The van der Waals surface area contributed by atoms with Gasteiger partial charge in [0.2, 0.25) is 5.91 Å². The first-order valence-corrected chi connectivity index (χ1v) is 23.9. The van der Waals surface area contributed by atoms with Crippen LogP contribution >= 0.6 is 0 Å². The number of allylic oxidation sites excluding steroid dienone is 8. The third-order valence-electron chi connectivity index (χ3n) is 10.7. The third-order valence-corrected chi connectivity index (χ3v) is 10.7. The van der Waals surface area contributed by atoms with Crippen molar-refractivity contribution in [3.63, 3.8) is 0 Å². The number of carbonyl (C=O) groups is 2. The Morgan fingerprint density at radius 1 is 0.536 bits per heavy atom. The molecular formula is C50H91NO5. The predicted molar refractivity (Wildman–Crippen MR) is 241 cm³/mol. The molecule has 0 spiro atoms. The van der Waals surface area contributed by atoms with Gasteiger partial charge in [-0.2, -0.15) is 0 Å². The number of rotatable bonds is 42. The predicted octanol–water partition coefficient (Wildman–Crippen LogP) is 13.9. The van der Waals surface area contributed by atoms with E-state index in [0.717, 1.165) is 96.3 Å². The van der Waals surface area contributed by atoms with Gasteiger partial charge in [0.15, 0.2) is 0 Å². The first-order chi connectivity index (χ1) is 27.5. The lowest BCUT2D eigenvalue weighted by molar-refractivity contribution is -0.151. The average Bonchev–Trinajstić information content (AvgIpc) is 3.19. The fourth-order valence-electron chi connectivity index (χ4n) is 7.07. The van der Waals surface area contributed by atoms with Crippen LogP contribution in [-0.4, -0.2) is 46.9 Å². The Labute approximate surface area is 346 Å². The highest BCUT2D eigenvalue weighted by atomic mass is 16.5. The smallest absolute Gasteiger partial charge is 0.306 e. The highest BCUT2D eigenvalue weighted by Crippen LogP contribution is 2.17. The second-order valence-corrected chi connectivity index (χ2v) is 16.2. The number of carbonyl (C=O) groups excluding carboxylic acids is 2. The molecule has 0 saturated carbocycles. The van der Waals surface area contributed by atoms with Crippen LogP contribution in [0, 0.1) is 0 Å². The molecule has 3 unspecified atom stereocenters. The topological polar surface area (TPSA) is 95.9 Å². The zero-order chi connectivity index (χ0) is 41.0. The molecule has 56 heavy (non-hydrogen) atoms. The van der Waals surface area contributed by atoms with E-state index >= 15 is 0 Å². The van der Waals surface area contributed by atoms with Crippen LogP contribution in [0.2, 0.25) is 0 Å². The van der Waals surface area contributed by atoms with Crippen molar-refractivity contribution in [2.75, 3.05) is 6.61 Å². The summed E-state index contributed by atoms with van der Waals surface area (Å²) in [5.41, 5.74) is 0. The number of nitrogens with one attached hydrogen (secondary N) is 1. The van der Waals surface area contributed by atoms with Gasteiger partial charge in [0.05, 0.1) is 25.2 Å². The van der Waals surface area contributed by atoms with Crippen molar-refractivity contribution in [3.8, 4) is 0 Å².